The highest BCUT2D eigenvalue weighted by Gasteiger charge is 2.10. The summed E-state index contributed by atoms with van der Waals surface area (Å²) in [5, 5.41) is 2.68. The molecule has 26 heavy (non-hydrogen) atoms. The van der Waals surface area contributed by atoms with Gasteiger partial charge in [-0.1, -0.05) is 24.3 Å². The summed E-state index contributed by atoms with van der Waals surface area (Å²) in [6.07, 6.45) is 0.0399. The lowest BCUT2D eigenvalue weighted by molar-refractivity contribution is -0.147. The minimum Gasteiger partial charge on any atom is -0.490 e. The van der Waals surface area contributed by atoms with Gasteiger partial charge in [0.25, 0.3) is 5.91 Å². The Balaban J connectivity index is 1.70. The number of para-hydroxylation sites is 2. The molecule has 0 bridgehead atoms. The number of esters is 1. The molecule has 2 aromatic carbocycles. The van der Waals surface area contributed by atoms with Gasteiger partial charge < -0.3 is 19.5 Å². The van der Waals surface area contributed by atoms with Crippen LogP contribution in [0.5, 0.6) is 11.5 Å². The molecule has 2 aromatic rings. The number of rotatable bonds is 9. The van der Waals surface area contributed by atoms with E-state index < -0.39 is 5.97 Å². The number of anilines is 1. The molecule has 0 atom stereocenters. The number of amides is 1. The minimum atomic E-state index is -0.502. The van der Waals surface area contributed by atoms with E-state index in [1.165, 1.54) is 0 Å². The first-order chi connectivity index (χ1) is 12.6. The van der Waals surface area contributed by atoms with Crippen LogP contribution in [0, 0.1) is 6.92 Å². The van der Waals surface area contributed by atoms with Crippen molar-refractivity contribution in [2.24, 2.45) is 0 Å². The number of ether oxygens (including phenoxy) is 3. The molecule has 0 spiro atoms. The van der Waals surface area contributed by atoms with Crippen LogP contribution in [0.25, 0.3) is 0 Å². The van der Waals surface area contributed by atoms with Gasteiger partial charge in [0.1, 0.15) is 0 Å². The lowest BCUT2D eigenvalue weighted by atomic mass is 10.2. The smallest absolute Gasteiger partial charge is 0.309 e. The lowest BCUT2D eigenvalue weighted by Gasteiger charge is -2.11. The van der Waals surface area contributed by atoms with Gasteiger partial charge >= 0.3 is 5.97 Å². The third-order valence-electron chi connectivity index (χ3n) is 3.38. The van der Waals surface area contributed by atoms with Crippen LogP contribution >= 0.6 is 0 Å². The average molecular weight is 357 g/mol. The molecule has 1 N–H and O–H groups in total. The molecule has 0 radical (unpaired) electrons. The zero-order valence-corrected chi connectivity index (χ0v) is 15.0. The maximum absolute atomic E-state index is 11.8. The molecule has 0 fully saturated rings. The van der Waals surface area contributed by atoms with Gasteiger partial charge in [0.05, 0.1) is 19.6 Å². The molecule has 138 valence electrons. The topological polar surface area (TPSA) is 73.9 Å². The zero-order chi connectivity index (χ0) is 18.8. The summed E-state index contributed by atoms with van der Waals surface area (Å²) in [5.41, 5.74) is 1.70. The fourth-order valence-corrected chi connectivity index (χ4v) is 2.23. The number of nitrogens with one attached hydrogen (secondary N) is 1. The highest BCUT2D eigenvalue weighted by molar-refractivity contribution is 5.92. The molecule has 0 aliphatic carbocycles. The second kappa shape index (κ2) is 10.1. The highest BCUT2D eigenvalue weighted by Crippen LogP contribution is 2.26. The van der Waals surface area contributed by atoms with Crippen LogP contribution in [0.1, 0.15) is 18.9 Å². The summed E-state index contributed by atoms with van der Waals surface area (Å²) >= 11 is 0. The summed E-state index contributed by atoms with van der Waals surface area (Å²) in [4.78, 5) is 23.5. The molecule has 6 heteroatoms. The third kappa shape index (κ3) is 6.47. The second-order valence-electron chi connectivity index (χ2n) is 5.56. The zero-order valence-electron chi connectivity index (χ0n) is 15.0. The van der Waals surface area contributed by atoms with E-state index in [1.54, 1.807) is 18.2 Å². The van der Waals surface area contributed by atoms with Gasteiger partial charge in [-0.15, -0.1) is 0 Å². The van der Waals surface area contributed by atoms with Crippen LogP contribution in [0.4, 0.5) is 5.69 Å². The van der Waals surface area contributed by atoms with Crippen LogP contribution in [0.2, 0.25) is 0 Å². The third-order valence-corrected chi connectivity index (χ3v) is 3.38. The highest BCUT2D eigenvalue weighted by atomic mass is 16.5. The van der Waals surface area contributed by atoms with E-state index in [0.29, 0.717) is 23.8 Å². The number of carbonyl (C=O) groups is 2. The van der Waals surface area contributed by atoms with Crippen LogP contribution in [0.15, 0.2) is 48.5 Å². The predicted molar refractivity (Wildman–Crippen MR) is 98.5 cm³/mol. The summed E-state index contributed by atoms with van der Waals surface area (Å²) < 4.78 is 16.0. The lowest BCUT2D eigenvalue weighted by Crippen LogP contribution is -2.21. The van der Waals surface area contributed by atoms with E-state index in [0.717, 1.165) is 5.56 Å². The number of hydrogen-bond acceptors (Lipinski definition) is 5. The van der Waals surface area contributed by atoms with E-state index in [-0.39, 0.29) is 25.5 Å². The fraction of sp³-hybridized carbons (Fsp3) is 0.300. The summed E-state index contributed by atoms with van der Waals surface area (Å²) in [5.74, 6) is 0.310. The van der Waals surface area contributed by atoms with Gasteiger partial charge in [0.2, 0.25) is 0 Å². The van der Waals surface area contributed by atoms with Crippen molar-refractivity contribution in [3.05, 3.63) is 54.1 Å². The van der Waals surface area contributed by atoms with Crippen LogP contribution in [-0.4, -0.2) is 31.7 Å². The van der Waals surface area contributed by atoms with Gasteiger partial charge in [0.15, 0.2) is 18.1 Å². The van der Waals surface area contributed by atoms with Crippen LogP contribution < -0.4 is 14.8 Å². The normalized spacial score (nSPS) is 10.1. The van der Waals surface area contributed by atoms with Gasteiger partial charge in [-0.05, 0) is 43.7 Å². The molecule has 0 heterocycles. The maximum Gasteiger partial charge on any atom is 0.309 e. The SMILES string of the molecule is CCOc1ccccc1OCCC(=O)OCC(=O)Nc1cccc(C)c1. The Hall–Kier alpha value is -3.02. The average Bonchev–Trinajstić information content (AvgIpc) is 2.62. The van der Waals surface area contributed by atoms with Crippen molar-refractivity contribution in [1.82, 2.24) is 0 Å². The van der Waals surface area contributed by atoms with E-state index in [4.69, 9.17) is 14.2 Å². The maximum atomic E-state index is 11.8. The van der Waals surface area contributed by atoms with Crippen molar-refractivity contribution >= 4 is 17.6 Å². The Morgan fingerprint density at radius 1 is 1.00 bits per heavy atom. The van der Waals surface area contributed by atoms with E-state index >= 15 is 0 Å². The molecule has 0 saturated heterocycles. The molecule has 1 amide bonds. The number of aryl methyl sites for hydroxylation is 1. The van der Waals surface area contributed by atoms with Gasteiger partial charge in [-0.25, -0.2) is 0 Å². The van der Waals surface area contributed by atoms with E-state index in [2.05, 4.69) is 5.32 Å². The molecule has 0 unspecified atom stereocenters. The Morgan fingerprint density at radius 2 is 1.73 bits per heavy atom. The molecule has 0 saturated carbocycles. The minimum absolute atomic E-state index is 0.0399. The van der Waals surface area contributed by atoms with Gasteiger partial charge in [-0.2, -0.15) is 0 Å². The molecule has 0 aliphatic heterocycles. The molecule has 2 rings (SSSR count). The van der Waals surface area contributed by atoms with Crippen molar-refractivity contribution in [2.75, 3.05) is 25.1 Å². The summed E-state index contributed by atoms with van der Waals surface area (Å²) in [6.45, 7) is 4.15. The molecular formula is C20H23NO5. The van der Waals surface area contributed by atoms with Crippen LogP contribution in [-0.2, 0) is 14.3 Å². The number of benzene rings is 2. The molecule has 0 aliphatic rings. The first-order valence-electron chi connectivity index (χ1n) is 8.45. The molecular weight excluding hydrogens is 334 g/mol. The predicted octanol–water partition coefficient (Wildman–Crippen LogP) is 3.34. The van der Waals surface area contributed by atoms with Crippen molar-refractivity contribution in [2.45, 2.75) is 20.3 Å². The van der Waals surface area contributed by atoms with Crippen molar-refractivity contribution in [3.63, 3.8) is 0 Å². The van der Waals surface area contributed by atoms with Gasteiger partial charge in [-0.3, -0.25) is 9.59 Å². The Labute approximate surface area is 153 Å². The van der Waals surface area contributed by atoms with Crippen molar-refractivity contribution in [1.29, 1.82) is 0 Å². The number of carbonyl (C=O) groups excluding carboxylic acids is 2. The van der Waals surface area contributed by atoms with Crippen molar-refractivity contribution < 1.29 is 23.8 Å². The number of hydrogen-bond donors (Lipinski definition) is 1. The quantitative estimate of drug-likeness (QED) is 0.697. The first-order valence-corrected chi connectivity index (χ1v) is 8.45. The second-order valence-corrected chi connectivity index (χ2v) is 5.56. The summed E-state index contributed by atoms with van der Waals surface area (Å²) in [7, 11) is 0. The van der Waals surface area contributed by atoms with Crippen LogP contribution in [0.3, 0.4) is 0 Å². The largest absolute Gasteiger partial charge is 0.490 e. The van der Waals surface area contributed by atoms with Crippen molar-refractivity contribution in [3.8, 4) is 11.5 Å². The molecule has 0 aromatic heterocycles. The van der Waals surface area contributed by atoms with E-state index in [1.807, 2.05) is 44.2 Å². The Kier molecular flexibility index (Phi) is 7.49. The fourth-order valence-electron chi connectivity index (χ4n) is 2.23. The van der Waals surface area contributed by atoms with E-state index in [9.17, 15) is 9.59 Å². The monoisotopic (exact) mass is 357 g/mol. The Morgan fingerprint density at radius 3 is 2.42 bits per heavy atom. The Bertz CT molecular complexity index is 744. The molecule has 6 nitrogen and oxygen atoms in total. The van der Waals surface area contributed by atoms with Gasteiger partial charge in [0, 0.05) is 5.69 Å². The standard InChI is InChI=1S/C20H23NO5/c1-3-24-17-9-4-5-10-18(17)25-12-11-20(23)26-14-19(22)21-16-8-6-7-15(2)13-16/h4-10,13H,3,11-12,14H2,1-2H3,(H,21,22). The first kappa shape index (κ1) is 19.3. The summed E-state index contributed by atoms with van der Waals surface area (Å²) in [6, 6.07) is 14.6.